The fourth-order valence-corrected chi connectivity index (χ4v) is 4.81. The van der Waals surface area contributed by atoms with Gasteiger partial charge in [-0.1, -0.05) is 47.6 Å². The zero-order valence-electron chi connectivity index (χ0n) is 18.3. The van der Waals surface area contributed by atoms with Crippen molar-refractivity contribution in [3.63, 3.8) is 0 Å². The number of aromatic nitrogens is 3. The molecule has 0 radical (unpaired) electrons. The fraction of sp³-hybridized carbons (Fsp3) is 0.304. The predicted octanol–water partition coefficient (Wildman–Crippen LogP) is 4.19. The number of ether oxygens (including phenoxy) is 1. The number of carbonyl (C=O) groups is 2. The van der Waals surface area contributed by atoms with Crippen molar-refractivity contribution in [1.82, 2.24) is 19.7 Å². The molecule has 172 valence electrons. The summed E-state index contributed by atoms with van der Waals surface area (Å²) in [6.45, 7) is 0.630. The lowest BCUT2D eigenvalue weighted by molar-refractivity contribution is -0.113. The summed E-state index contributed by atoms with van der Waals surface area (Å²) in [4.78, 5) is 27.4. The Morgan fingerprint density at radius 2 is 1.94 bits per heavy atom. The first-order chi connectivity index (χ1) is 16.0. The Balaban J connectivity index is 1.43. The Hall–Kier alpha value is -3.04. The molecule has 2 aromatic carbocycles. The molecule has 0 aliphatic carbocycles. The summed E-state index contributed by atoms with van der Waals surface area (Å²) in [6, 6.07) is 14.1. The summed E-state index contributed by atoms with van der Waals surface area (Å²) in [5.41, 5.74) is 1.10. The number of nitrogens with one attached hydrogen (secondary N) is 1. The third-order valence-corrected chi connectivity index (χ3v) is 6.85. The van der Waals surface area contributed by atoms with Gasteiger partial charge in [-0.25, -0.2) is 0 Å². The number of halogens is 1. The molecule has 0 bridgehead atoms. The highest BCUT2D eigenvalue weighted by Gasteiger charge is 2.34. The van der Waals surface area contributed by atoms with Crippen molar-refractivity contribution >= 4 is 40.9 Å². The molecule has 1 saturated heterocycles. The molecule has 1 aromatic heterocycles. The smallest absolute Gasteiger partial charge is 0.255 e. The van der Waals surface area contributed by atoms with Crippen molar-refractivity contribution < 1.29 is 14.3 Å². The summed E-state index contributed by atoms with van der Waals surface area (Å²) in [5, 5.41) is 12.5. The Labute approximate surface area is 201 Å². The SMILES string of the molecule is COc1ccccc1NC(=O)CSc1nnc(C2CCCN2C(=O)c2ccccc2Cl)n1C. The van der Waals surface area contributed by atoms with Crippen molar-refractivity contribution in [2.45, 2.75) is 24.0 Å². The number of nitrogens with zero attached hydrogens (tertiary/aromatic N) is 4. The predicted molar refractivity (Wildman–Crippen MR) is 128 cm³/mol. The van der Waals surface area contributed by atoms with E-state index in [0.717, 1.165) is 12.8 Å². The van der Waals surface area contributed by atoms with Crippen LogP contribution in [-0.4, -0.2) is 50.9 Å². The minimum atomic E-state index is -0.192. The van der Waals surface area contributed by atoms with Crippen LogP contribution in [0, 0.1) is 0 Å². The number of anilines is 1. The average Bonchev–Trinajstić information content (AvgIpc) is 3.44. The maximum Gasteiger partial charge on any atom is 0.255 e. The zero-order valence-corrected chi connectivity index (χ0v) is 19.9. The quantitative estimate of drug-likeness (QED) is 0.505. The Morgan fingerprint density at radius 1 is 1.18 bits per heavy atom. The molecule has 0 spiro atoms. The van der Waals surface area contributed by atoms with Crippen LogP contribution in [0.5, 0.6) is 5.75 Å². The molecule has 3 aromatic rings. The van der Waals surface area contributed by atoms with Crippen LogP contribution in [0.3, 0.4) is 0 Å². The van der Waals surface area contributed by atoms with E-state index in [1.807, 2.05) is 23.7 Å². The number of rotatable bonds is 7. The van der Waals surface area contributed by atoms with E-state index in [0.29, 0.717) is 39.5 Å². The first kappa shape index (κ1) is 23.1. The topological polar surface area (TPSA) is 89.3 Å². The molecule has 2 amide bonds. The number of methoxy groups -OCH3 is 1. The summed E-state index contributed by atoms with van der Waals surface area (Å²) in [6.07, 6.45) is 1.67. The van der Waals surface area contributed by atoms with Crippen LogP contribution < -0.4 is 10.1 Å². The second-order valence-corrected chi connectivity index (χ2v) is 8.92. The van der Waals surface area contributed by atoms with E-state index in [1.54, 1.807) is 48.4 Å². The van der Waals surface area contributed by atoms with E-state index in [1.165, 1.54) is 11.8 Å². The Morgan fingerprint density at radius 3 is 2.73 bits per heavy atom. The van der Waals surface area contributed by atoms with Gasteiger partial charge in [0.25, 0.3) is 5.91 Å². The summed E-state index contributed by atoms with van der Waals surface area (Å²) < 4.78 is 7.12. The molecule has 8 nitrogen and oxygen atoms in total. The van der Waals surface area contributed by atoms with Gasteiger partial charge in [-0.05, 0) is 37.1 Å². The van der Waals surface area contributed by atoms with Crippen LogP contribution in [0.15, 0.2) is 53.7 Å². The van der Waals surface area contributed by atoms with E-state index < -0.39 is 0 Å². The van der Waals surface area contributed by atoms with Gasteiger partial charge < -0.3 is 19.5 Å². The summed E-state index contributed by atoms with van der Waals surface area (Å²) in [5.74, 6) is 1.17. The number of benzene rings is 2. The van der Waals surface area contributed by atoms with E-state index in [4.69, 9.17) is 16.3 Å². The minimum absolute atomic E-state index is 0.114. The molecule has 33 heavy (non-hydrogen) atoms. The first-order valence-electron chi connectivity index (χ1n) is 10.5. The van der Waals surface area contributed by atoms with E-state index in [2.05, 4.69) is 15.5 Å². The van der Waals surface area contributed by atoms with Crippen molar-refractivity contribution in [3.05, 3.63) is 64.9 Å². The van der Waals surface area contributed by atoms with Crippen LogP contribution in [0.2, 0.25) is 5.02 Å². The van der Waals surface area contributed by atoms with E-state index >= 15 is 0 Å². The second-order valence-electron chi connectivity index (χ2n) is 7.57. The van der Waals surface area contributed by atoms with Gasteiger partial charge in [-0.3, -0.25) is 9.59 Å². The average molecular weight is 486 g/mol. The summed E-state index contributed by atoms with van der Waals surface area (Å²) >= 11 is 7.53. The normalized spacial score (nSPS) is 15.5. The molecular formula is C23H24ClN5O3S. The van der Waals surface area contributed by atoms with Crippen molar-refractivity contribution in [2.24, 2.45) is 7.05 Å². The van der Waals surface area contributed by atoms with Gasteiger partial charge in [-0.15, -0.1) is 10.2 Å². The van der Waals surface area contributed by atoms with Crippen LogP contribution in [0.1, 0.15) is 35.1 Å². The molecule has 1 aliphatic heterocycles. The molecule has 4 rings (SSSR count). The molecule has 1 fully saturated rings. The number of carbonyl (C=O) groups excluding carboxylic acids is 2. The number of para-hydroxylation sites is 2. The van der Waals surface area contributed by atoms with Crippen molar-refractivity contribution in [2.75, 3.05) is 24.7 Å². The summed E-state index contributed by atoms with van der Waals surface area (Å²) in [7, 11) is 3.41. The molecule has 1 aliphatic rings. The van der Waals surface area contributed by atoms with Crippen LogP contribution >= 0.6 is 23.4 Å². The third kappa shape index (κ3) is 4.99. The van der Waals surface area contributed by atoms with Gasteiger partial charge in [0.2, 0.25) is 5.91 Å². The van der Waals surface area contributed by atoms with Crippen LogP contribution in [0.25, 0.3) is 0 Å². The number of hydrogen-bond acceptors (Lipinski definition) is 6. The second kappa shape index (κ2) is 10.3. The zero-order chi connectivity index (χ0) is 23.4. The molecule has 10 heteroatoms. The van der Waals surface area contributed by atoms with Gasteiger partial charge in [0.05, 0.1) is 35.2 Å². The largest absolute Gasteiger partial charge is 0.495 e. The fourth-order valence-electron chi connectivity index (χ4n) is 3.87. The van der Waals surface area contributed by atoms with Crippen molar-refractivity contribution in [3.8, 4) is 5.75 Å². The lowest BCUT2D eigenvalue weighted by Gasteiger charge is -2.24. The molecule has 2 heterocycles. The standard InChI is InChI=1S/C23H24ClN5O3S/c1-28-21(18-11-7-13-29(18)22(31)15-8-3-4-9-16(15)24)26-27-23(28)33-14-20(30)25-17-10-5-6-12-19(17)32-2/h3-6,8-10,12,18H,7,11,13-14H2,1-2H3,(H,25,30). The number of thioether (sulfide) groups is 1. The van der Waals surface area contributed by atoms with Crippen LogP contribution in [0.4, 0.5) is 5.69 Å². The van der Waals surface area contributed by atoms with Gasteiger partial charge in [0.1, 0.15) is 5.75 Å². The number of likely N-dealkylation sites (tertiary alicyclic amines) is 1. The van der Waals surface area contributed by atoms with Crippen molar-refractivity contribution in [1.29, 1.82) is 0 Å². The molecule has 1 atom stereocenters. The van der Waals surface area contributed by atoms with E-state index in [9.17, 15) is 9.59 Å². The molecule has 1 N–H and O–H groups in total. The molecule has 0 saturated carbocycles. The van der Waals surface area contributed by atoms with Crippen LogP contribution in [-0.2, 0) is 11.8 Å². The highest BCUT2D eigenvalue weighted by Crippen LogP contribution is 2.34. The maximum absolute atomic E-state index is 13.1. The van der Waals surface area contributed by atoms with Gasteiger partial charge in [0.15, 0.2) is 11.0 Å². The highest BCUT2D eigenvalue weighted by atomic mass is 35.5. The Bertz CT molecular complexity index is 1170. The van der Waals surface area contributed by atoms with Gasteiger partial charge >= 0.3 is 0 Å². The van der Waals surface area contributed by atoms with Gasteiger partial charge in [-0.2, -0.15) is 0 Å². The van der Waals surface area contributed by atoms with E-state index in [-0.39, 0.29) is 23.6 Å². The molecular weight excluding hydrogens is 462 g/mol. The molecule has 1 unspecified atom stereocenters. The highest BCUT2D eigenvalue weighted by molar-refractivity contribution is 7.99. The lowest BCUT2D eigenvalue weighted by Crippen LogP contribution is -2.32. The minimum Gasteiger partial charge on any atom is -0.495 e. The Kier molecular flexibility index (Phi) is 7.20. The monoisotopic (exact) mass is 485 g/mol. The number of hydrogen-bond donors (Lipinski definition) is 1. The van der Waals surface area contributed by atoms with Gasteiger partial charge in [0, 0.05) is 13.6 Å². The lowest BCUT2D eigenvalue weighted by atomic mass is 10.1. The third-order valence-electron chi connectivity index (χ3n) is 5.50. The number of amides is 2. The first-order valence-corrected chi connectivity index (χ1v) is 11.9. The maximum atomic E-state index is 13.1.